The van der Waals surface area contributed by atoms with Crippen molar-refractivity contribution in [3.05, 3.63) is 0 Å². The summed E-state index contributed by atoms with van der Waals surface area (Å²) in [6, 6.07) is -7.40. The maximum absolute atomic E-state index is 15.0. The highest BCUT2D eigenvalue weighted by Crippen LogP contribution is 2.44. The number of nitrogens with one attached hydrogen (secondary N) is 4. The molecule has 2 aliphatic heterocycles. The van der Waals surface area contributed by atoms with Gasteiger partial charge in [-0.15, -0.1) is 11.6 Å². The summed E-state index contributed by atoms with van der Waals surface area (Å²) in [4.78, 5) is 168. The number of likely N-dealkylation sites (N-methyl/N-ethyl adjacent to an activating group) is 6. The topological polar surface area (TPSA) is 259 Å². The zero-order valence-electron chi connectivity index (χ0n) is 55.1. The Hall–Kier alpha value is -5.75. The van der Waals surface area contributed by atoms with Gasteiger partial charge in [0.25, 0.3) is 0 Å². The zero-order valence-corrected chi connectivity index (χ0v) is 55.9. The van der Waals surface area contributed by atoms with E-state index < -0.39 is 156 Å². The van der Waals surface area contributed by atoms with Crippen molar-refractivity contribution in [3.8, 4) is 0 Å². The van der Waals surface area contributed by atoms with E-state index in [0.29, 0.717) is 38.5 Å². The highest BCUT2D eigenvalue weighted by atomic mass is 35.5. The second kappa shape index (κ2) is 32.2. The van der Waals surface area contributed by atoms with Gasteiger partial charge < -0.3 is 55.6 Å². The maximum atomic E-state index is 15.0. The van der Waals surface area contributed by atoms with Crippen molar-refractivity contribution >= 4 is 76.6 Å². The van der Waals surface area contributed by atoms with Crippen LogP contribution in [0.5, 0.6) is 0 Å². The fourth-order valence-corrected chi connectivity index (χ4v) is 14.7. The number of amides is 11. The first-order valence-electron chi connectivity index (χ1n) is 33.0. The van der Waals surface area contributed by atoms with E-state index in [-0.39, 0.29) is 101 Å². The van der Waals surface area contributed by atoms with Crippen LogP contribution in [-0.4, -0.2) is 227 Å². The van der Waals surface area contributed by atoms with Crippen LogP contribution in [0.25, 0.3) is 0 Å². The average molecular weight is 1300 g/mol. The Balaban J connectivity index is 1.33. The summed E-state index contributed by atoms with van der Waals surface area (Å²) in [7, 11) is 8.68. The molecule has 11 atom stereocenters. The summed E-state index contributed by atoms with van der Waals surface area (Å²) in [6.45, 7) is 7.62. The molecule has 6 rings (SSSR count). The van der Waals surface area contributed by atoms with E-state index in [0.717, 1.165) is 37.0 Å². The quantitative estimate of drug-likeness (QED) is 0.212. The van der Waals surface area contributed by atoms with Crippen molar-refractivity contribution in [3.63, 3.8) is 0 Å². The summed E-state index contributed by atoms with van der Waals surface area (Å²) in [5.41, 5.74) is -1.45. The van der Waals surface area contributed by atoms with Crippen LogP contribution < -0.4 is 21.3 Å². The first kappa shape index (κ1) is 73.3. The van der Waals surface area contributed by atoms with Crippen molar-refractivity contribution in [2.45, 2.75) is 235 Å². The van der Waals surface area contributed by atoms with Crippen LogP contribution in [0.15, 0.2) is 0 Å². The van der Waals surface area contributed by atoms with E-state index in [1.807, 2.05) is 20.8 Å². The average Bonchev–Trinajstić information content (AvgIpc) is 1.59. The summed E-state index contributed by atoms with van der Waals surface area (Å²) in [5, 5.41) is 10.5. The van der Waals surface area contributed by atoms with Gasteiger partial charge in [-0.2, -0.15) is 13.2 Å². The van der Waals surface area contributed by atoms with Crippen LogP contribution >= 0.6 is 11.6 Å². The van der Waals surface area contributed by atoms with Gasteiger partial charge in [-0.3, -0.25) is 52.7 Å². The van der Waals surface area contributed by atoms with Gasteiger partial charge in [0.15, 0.2) is 0 Å². The number of carbonyl (C=O) groups excluding carboxylic acids is 11. The molecule has 4 aliphatic carbocycles. The molecule has 0 aromatic heterocycles. The van der Waals surface area contributed by atoms with E-state index in [9.17, 15) is 56.3 Å². The molecule has 90 heavy (non-hydrogen) atoms. The molecule has 508 valence electrons. The lowest BCUT2D eigenvalue weighted by Crippen LogP contribution is -2.64. The van der Waals surface area contributed by atoms with Crippen molar-refractivity contribution in [2.75, 3.05) is 68.5 Å². The number of nitrogens with zero attached hydrogens (tertiary/aromatic N) is 7. The predicted molar refractivity (Wildman–Crippen MR) is 331 cm³/mol. The maximum Gasteiger partial charge on any atom is 0.393 e. The monoisotopic (exact) mass is 1290 g/mol. The Kier molecular flexibility index (Phi) is 26.2. The molecule has 4 saturated carbocycles. The van der Waals surface area contributed by atoms with Gasteiger partial charge in [-0.25, -0.2) is 0 Å². The molecule has 2 heterocycles. The second-order valence-electron chi connectivity index (χ2n) is 27.7. The van der Waals surface area contributed by atoms with Crippen molar-refractivity contribution in [1.29, 1.82) is 0 Å². The highest BCUT2D eigenvalue weighted by molar-refractivity contribution is 6.20. The van der Waals surface area contributed by atoms with Crippen LogP contribution in [0.3, 0.4) is 0 Å². The highest BCUT2D eigenvalue weighted by Gasteiger charge is 2.52. The standard InChI is InChI=1S/C64H103ClF3N11O11/c1-12-39(4)54-61(89)75(8)36-52(82)73(6)37-53(83)77(10)49(34-41-19-14-13-15-20-41)60(88)74(7)35-50(80)70-46(27-23-42-22-26-44(45(65)33-42)64(66,67)68)59(87)79-30-18-21-47(79)57(85)72-63(28-16-17-29-63)62(90)78(11)55(43-24-25-43)58(86)69-40(5)32-51(81)76(9)48(31-38(2)3)56(84)71-54/h38-49,54-55H,12-37H2,1-11H3,(H,69,86)(H,70,80)(H,71,84)(H,72,85)/t39-,40+,42?,44?,45?,46-,47-,48-,49-,54-,55-/m0/s1. The number of alkyl halides is 4. The number of hydrogen-bond acceptors (Lipinski definition) is 11. The van der Waals surface area contributed by atoms with Crippen LogP contribution in [-0.2, 0) is 52.7 Å². The number of carbonyl (C=O) groups is 11. The van der Waals surface area contributed by atoms with Crippen LogP contribution in [0.2, 0.25) is 0 Å². The van der Waals surface area contributed by atoms with E-state index in [2.05, 4.69) is 21.3 Å². The Bertz CT molecular complexity index is 2580. The smallest absolute Gasteiger partial charge is 0.351 e. The summed E-state index contributed by atoms with van der Waals surface area (Å²) < 4.78 is 41.7. The predicted octanol–water partition coefficient (Wildman–Crippen LogP) is 4.98. The lowest BCUT2D eigenvalue weighted by Gasteiger charge is -2.38. The molecular weight excluding hydrogens is 1190 g/mol. The van der Waals surface area contributed by atoms with Crippen molar-refractivity contribution in [1.82, 2.24) is 55.6 Å². The Labute approximate surface area is 535 Å². The molecule has 6 aliphatic rings. The molecule has 0 aromatic rings. The number of fused-ring (bicyclic) bond motifs is 1. The Morgan fingerprint density at radius 2 is 1.23 bits per heavy atom. The van der Waals surface area contributed by atoms with Gasteiger partial charge in [0, 0.05) is 66.7 Å². The first-order chi connectivity index (χ1) is 42.3. The molecule has 6 fully saturated rings. The van der Waals surface area contributed by atoms with Crippen molar-refractivity contribution in [2.24, 2.45) is 35.5 Å². The molecule has 0 bridgehead atoms. The molecule has 2 saturated heterocycles. The third-order valence-corrected chi connectivity index (χ3v) is 20.7. The minimum Gasteiger partial charge on any atom is -0.351 e. The third kappa shape index (κ3) is 19.0. The van der Waals surface area contributed by atoms with Gasteiger partial charge in [-0.1, -0.05) is 79.1 Å². The summed E-state index contributed by atoms with van der Waals surface area (Å²) in [6.07, 6.45) is 4.34. The first-order valence-corrected chi connectivity index (χ1v) is 33.5. The summed E-state index contributed by atoms with van der Waals surface area (Å²) >= 11 is 6.36. The number of rotatable bonds is 10. The van der Waals surface area contributed by atoms with E-state index >= 15 is 9.59 Å². The zero-order chi connectivity index (χ0) is 66.7. The minimum absolute atomic E-state index is 0.0185. The van der Waals surface area contributed by atoms with Crippen molar-refractivity contribution < 1.29 is 65.9 Å². The van der Waals surface area contributed by atoms with Gasteiger partial charge >= 0.3 is 6.18 Å². The van der Waals surface area contributed by atoms with E-state index in [1.54, 1.807) is 13.8 Å². The molecule has 0 aromatic carbocycles. The molecule has 1 spiro atoms. The normalized spacial score (nSPS) is 30.6. The van der Waals surface area contributed by atoms with Crippen LogP contribution in [0, 0.1) is 35.5 Å². The molecule has 26 heteroatoms. The molecule has 4 N–H and O–H groups in total. The SMILES string of the molecule is CC[C@H](C)[C@@H]1NC(=O)[C@H](CC(C)C)N(C)C(=O)C[C@@H](C)NC(=O)[C@H](C2CC2)N(C)C(=O)C2(CCCC2)NC(=O)[C@@H]2CCCN2C(=O)[C@H](CCC2CCC(C(F)(F)F)C(Cl)C2)NC(=O)CN(C)C(=O)[C@H](CC2CCCCC2)N(C)C(=O)CN(C)C(=O)CN(C)C1=O. The molecule has 3 unspecified atom stereocenters. The van der Waals surface area contributed by atoms with Gasteiger partial charge in [0.1, 0.15) is 41.8 Å². The van der Waals surface area contributed by atoms with Gasteiger partial charge in [0.2, 0.25) is 65.0 Å². The molecule has 11 amide bonds. The number of halogens is 4. The van der Waals surface area contributed by atoms with Crippen LogP contribution in [0.1, 0.15) is 176 Å². The lowest BCUT2D eigenvalue weighted by atomic mass is 9.78. The largest absolute Gasteiger partial charge is 0.393 e. The Morgan fingerprint density at radius 3 is 1.83 bits per heavy atom. The van der Waals surface area contributed by atoms with Crippen LogP contribution in [0.4, 0.5) is 13.2 Å². The van der Waals surface area contributed by atoms with Gasteiger partial charge in [0.05, 0.1) is 25.6 Å². The Morgan fingerprint density at radius 1 is 0.611 bits per heavy atom. The minimum atomic E-state index is -4.49. The molecule has 0 radical (unpaired) electrons. The third-order valence-electron chi connectivity index (χ3n) is 20.2. The van der Waals surface area contributed by atoms with E-state index in [4.69, 9.17) is 11.6 Å². The van der Waals surface area contributed by atoms with E-state index in [1.165, 1.54) is 71.7 Å². The lowest BCUT2D eigenvalue weighted by molar-refractivity contribution is -0.182. The molecular formula is C64H103ClF3N11O11. The molecule has 22 nitrogen and oxygen atoms in total. The van der Waals surface area contributed by atoms with Gasteiger partial charge in [-0.05, 0) is 120 Å². The summed E-state index contributed by atoms with van der Waals surface area (Å²) in [5.74, 6) is -9.14. The fraction of sp³-hybridized carbons (Fsp3) is 0.828. The second-order valence-corrected chi connectivity index (χ2v) is 28.3. The number of hydrogen-bond donors (Lipinski definition) is 4. The fourth-order valence-electron chi connectivity index (χ4n) is 14.2.